The maximum Gasteiger partial charge on any atom is 0.202 e. The molecule has 0 saturated heterocycles. The average molecular weight is 435 g/mol. The van der Waals surface area contributed by atoms with Crippen molar-refractivity contribution in [1.82, 2.24) is 0 Å². The third-order valence-electron chi connectivity index (χ3n) is 2.25. The summed E-state index contributed by atoms with van der Waals surface area (Å²) in [6.45, 7) is 0. The molecule has 0 fully saturated rings. The fourth-order valence-electron chi connectivity index (χ4n) is 1.51. The number of fused-ring (bicyclic) bond motifs is 1. The van der Waals surface area contributed by atoms with Crippen LogP contribution in [-0.2, 0) is 0 Å². The largest absolute Gasteiger partial charge is 0.288 e. The molecule has 0 aliphatic heterocycles. The lowest BCUT2D eigenvalue weighted by atomic mass is 9.91. The van der Waals surface area contributed by atoms with Crippen LogP contribution >= 0.6 is 45.2 Å². The quantitative estimate of drug-likeness (QED) is 0.590. The van der Waals surface area contributed by atoms with Crippen LogP contribution in [0, 0.1) is 11.3 Å². The summed E-state index contributed by atoms with van der Waals surface area (Å²) < 4.78 is 0.809. The van der Waals surface area contributed by atoms with Gasteiger partial charge in [0.1, 0.15) is 0 Å². The number of benzene rings is 1. The molecule has 3 nitrogen and oxygen atoms in total. The molecule has 0 bridgehead atoms. The first-order chi connectivity index (χ1) is 7.57. The van der Waals surface area contributed by atoms with Crippen LogP contribution in [0.25, 0.3) is 0 Å². The van der Waals surface area contributed by atoms with Gasteiger partial charge >= 0.3 is 0 Å². The standard InChI is InChI=1S/C11H3I2NO2/c12-8-9(13)11(16)7-5(4-14)2-1-3-6(7)10(8)15/h1-3H. The minimum atomic E-state index is -0.239. The summed E-state index contributed by atoms with van der Waals surface area (Å²) in [4.78, 5) is 23.9. The average Bonchev–Trinajstić information content (AvgIpc) is 2.32. The number of allylic oxidation sites excluding steroid dienone is 2. The van der Waals surface area contributed by atoms with E-state index in [1.54, 1.807) is 18.2 Å². The molecule has 0 radical (unpaired) electrons. The van der Waals surface area contributed by atoms with Crippen molar-refractivity contribution in [2.75, 3.05) is 0 Å². The first-order valence-electron chi connectivity index (χ1n) is 4.25. The van der Waals surface area contributed by atoms with Gasteiger partial charge < -0.3 is 0 Å². The predicted octanol–water partition coefficient (Wildman–Crippen LogP) is 3.02. The van der Waals surface area contributed by atoms with E-state index in [0.717, 1.165) is 0 Å². The van der Waals surface area contributed by atoms with E-state index < -0.39 is 0 Å². The Morgan fingerprint density at radius 1 is 1.06 bits per heavy atom. The number of nitriles is 1. The van der Waals surface area contributed by atoms with Crippen molar-refractivity contribution in [3.63, 3.8) is 0 Å². The number of carbonyl (C=O) groups excluding carboxylic acids is 2. The molecule has 0 amide bonds. The van der Waals surface area contributed by atoms with Gasteiger partial charge in [-0.2, -0.15) is 5.26 Å². The molecule has 1 aliphatic rings. The molecular weight excluding hydrogens is 432 g/mol. The van der Waals surface area contributed by atoms with Gasteiger partial charge in [-0.15, -0.1) is 0 Å². The van der Waals surface area contributed by atoms with E-state index >= 15 is 0 Å². The molecule has 78 valence electrons. The maximum absolute atomic E-state index is 12.0. The Kier molecular flexibility index (Phi) is 3.12. The number of ketones is 2. The Bertz CT molecular complexity index is 596. The van der Waals surface area contributed by atoms with Crippen molar-refractivity contribution >= 4 is 56.7 Å². The third-order valence-corrected chi connectivity index (χ3v) is 5.34. The lowest BCUT2D eigenvalue weighted by Gasteiger charge is -2.15. The monoisotopic (exact) mass is 435 g/mol. The molecule has 16 heavy (non-hydrogen) atoms. The first kappa shape index (κ1) is 11.7. The fraction of sp³-hybridized carbons (Fsp3) is 0. The van der Waals surface area contributed by atoms with Crippen molar-refractivity contribution < 1.29 is 9.59 Å². The smallest absolute Gasteiger partial charge is 0.202 e. The zero-order chi connectivity index (χ0) is 11.9. The number of hydrogen-bond donors (Lipinski definition) is 0. The molecule has 5 heteroatoms. The van der Waals surface area contributed by atoms with Gasteiger partial charge in [0.15, 0.2) is 0 Å². The van der Waals surface area contributed by atoms with E-state index in [1.165, 1.54) is 0 Å². The van der Waals surface area contributed by atoms with Gasteiger partial charge in [0.2, 0.25) is 11.6 Å². The highest BCUT2D eigenvalue weighted by Gasteiger charge is 2.31. The van der Waals surface area contributed by atoms with E-state index in [2.05, 4.69) is 0 Å². The van der Waals surface area contributed by atoms with E-state index in [-0.39, 0.29) is 22.7 Å². The van der Waals surface area contributed by atoms with Gasteiger partial charge in [-0.3, -0.25) is 9.59 Å². The topological polar surface area (TPSA) is 57.9 Å². The Hall–Kier alpha value is -0.750. The molecule has 0 unspecified atom stereocenters. The van der Waals surface area contributed by atoms with E-state index in [1.807, 2.05) is 51.3 Å². The summed E-state index contributed by atoms with van der Waals surface area (Å²) >= 11 is 3.71. The first-order valence-corrected chi connectivity index (χ1v) is 6.41. The van der Waals surface area contributed by atoms with Crippen molar-refractivity contribution in [2.24, 2.45) is 0 Å². The van der Waals surface area contributed by atoms with Gasteiger partial charge in [0, 0.05) is 5.56 Å². The second kappa shape index (κ2) is 4.25. The summed E-state index contributed by atoms with van der Waals surface area (Å²) in [7, 11) is 0. The van der Waals surface area contributed by atoms with Crippen LogP contribution in [-0.4, -0.2) is 11.6 Å². The summed E-state index contributed by atoms with van der Waals surface area (Å²) in [5, 5.41) is 8.92. The normalized spacial score (nSPS) is 14.8. The van der Waals surface area contributed by atoms with Gasteiger partial charge in [-0.05, 0) is 51.2 Å². The summed E-state index contributed by atoms with van der Waals surface area (Å²) in [6, 6.07) is 6.69. The molecule has 0 spiro atoms. The molecule has 0 atom stereocenters. The highest BCUT2D eigenvalue weighted by atomic mass is 127. The van der Waals surface area contributed by atoms with Gasteiger partial charge in [0.25, 0.3) is 0 Å². The molecule has 0 saturated carbocycles. The SMILES string of the molecule is N#Cc1cccc2c1C(=O)C(I)=C(I)C2=O. The lowest BCUT2D eigenvalue weighted by Crippen LogP contribution is -2.18. The Labute approximate surface area is 119 Å². The molecule has 0 N–H and O–H groups in total. The minimum absolute atomic E-state index is 0.184. The van der Waals surface area contributed by atoms with Crippen LogP contribution in [0.2, 0.25) is 0 Å². The summed E-state index contributed by atoms with van der Waals surface area (Å²) in [5.41, 5.74) is 0.822. The third kappa shape index (κ3) is 1.60. The number of rotatable bonds is 0. The van der Waals surface area contributed by atoms with Crippen LogP contribution < -0.4 is 0 Å². The fourth-order valence-corrected chi connectivity index (χ4v) is 2.56. The Morgan fingerprint density at radius 3 is 2.31 bits per heavy atom. The molecule has 2 rings (SSSR count). The van der Waals surface area contributed by atoms with Crippen molar-refractivity contribution in [2.45, 2.75) is 0 Å². The number of halogens is 2. The van der Waals surface area contributed by atoms with Crippen LogP contribution in [0.15, 0.2) is 25.4 Å². The second-order valence-electron chi connectivity index (χ2n) is 3.13. The predicted molar refractivity (Wildman–Crippen MR) is 74.9 cm³/mol. The zero-order valence-corrected chi connectivity index (χ0v) is 12.1. The van der Waals surface area contributed by atoms with E-state index in [9.17, 15) is 9.59 Å². The van der Waals surface area contributed by atoms with Crippen LogP contribution in [0.4, 0.5) is 0 Å². The van der Waals surface area contributed by atoms with Crippen molar-refractivity contribution in [3.8, 4) is 6.07 Å². The number of hydrogen-bond acceptors (Lipinski definition) is 3. The van der Waals surface area contributed by atoms with Gasteiger partial charge in [-0.1, -0.05) is 12.1 Å². The number of carbonyl (C=O) groups is 2. The number of nitrogens with zero attached hydrogens (tertiary/aromatic N) is 1. The highest BCUT2D eigenvalue weighted by Crippen LogP contribution is 2.34. The molecule has 0 aromatic heterocycles. The molecule has 1 aliphatic carbocycles. The molecular formula is C11H3I2NO2. The Balaban J connectivity index is 2.82. The molecule has 1 aromatic carbocycles. The van der Waals surface area contributed by atoms with E-state index in [0.29, 0.717) is 12.7 Å². The summed E-state index contributed by atoms with van der Waals surface area (Å²) in [6.07, 6.45) is 0. The number of Topliss-reactive ketones (excluding diaryl/α,β-unsaturated/α-hetero) is 2. The minimum Gasteiger partial charge on any atom is -0.288 e. The second-order valence-corrected chi connectivity index (χ2v) is 5.28. The molecule has 0 heterocycles. The zero-order valence-electron chi connectivity index (χ0n) is 7.75. The lowest BCUT2D eigenvalue weighted by molar-refractivity contribution is 0.0991. The summed E-state index contributed by atoms with van der Waals surface area (Å²) in [5.74, 6) is -0.423. The van der Waals surface area contributed by atoms with E-state index in [4.69, 9.17) is 5.26 Å². The highest BCUT2D eigenvalue weighted by molar-refractivity contribution is 14.1. The van der Waals surface area contributed by atoms with Crippen molar-refractivity contribution in [1.29, 1.82) is 5.26 Å². The van der Waals surface area contributed by atoms with Crippen LogP contribution in [0.3, 0.4) is 0 Å². The van der Waals surface area contributed by atoms with Crippen LogP contribution in [0.5, 0.6) is 0 Å². The van der Waals surface area contributed by atoms with Crippen LogP contribution in [0.1, 0.15) is 26.3 Å². The Morgan fingerprint density at radius 2 is 1.69 bits per heavy atom. The molecule has 1 aromatic rings. The van der Waals surface area contributed by atoms with Gasteiger partial charge in [0.05, 0.1) is 24.4 Å². The van der Waals surface area contributed by atoms with Gasteiger partial charge in [-0.25, -0.2) is 0 Å². The van der Waals surface area contributed by atoms with Crippen molar-refractivity contribution in [3.05, 3.63) is 42.0 Å². The maximum atomic E-state index is 12.0.